The molecule has 2 aliphatic rings. The number of methoxy groups -OCH3 is 1. The molecular weight excluding hydrogens is 508 g/mol. The fraction of sp³-hybridized carbons (Fsp3) is 0.643. The third-order valence-electron chi connectivity index (χ3n) is 6.84. The van der Waals surface area contributed by atoms with Crippen LogP contribution in [-0.2, 0) is 33.4 Å². The summed E-state index contributed by atoms with van der Waals surface area (Å²) < 4.78 is 22.0. The fourth-order valence-corrected chi connectivity index (χ4v) is 5.15. The lowest BCUT2D eigenvalue weighted by molar-refractivity contribution is -0.164. The Bertz CT molecular complexity index is 1020. The minimum absolute atomic E-state index is 0.0736. The molecule has 1 aromatic rings. The summed E-state index contributed by atoms with van der Waals surface area (Å²) in [7, 11) is 1.61. The van der Waals surface area contributed by atoms with Crippen LogP contribution in [0.1, 0.15) is 46.5 Å². The predicted molar refractivity (Wildman–Crippen MR) is 141 cm³/mol. The summed E-state index contributed by atoms with van der Waals surface area (Å²) in [6.07, 6.45) is 2.53. The number of benzene rings is 1. The first-order chi connectivity index (χ1) is 18.5. The number of carbonyl (C=O) groups excluding carboxylic acids is 3. The molecule has 1 aliphatic carbocycles. The SMILES string of the molecule is COCCOCCCC1CCC(C(=O)N[C@H]2COc3ccccc3N(CC(=O)O)C2=O)C1C(=O)OC(C)(C)C. The third-order valence-corrected chi connectivity index (χ3v) is 6.84. The molecule has 1 aromatic carbocycles. The molecule has 11 heteroatoms. The highest BCUT2D eigenvalue weighted by Gasteiger charge is 2.47. The van der Waals surface area contributed by atoms with E-state index < -0.39 is 53.8 Å². The molecule has 1 heterocycles. The van der Waals surface area contributed by atoms with E-state index in [2.05, 4.69) is 5.32 Å². The number of aliphatic carboxylic acids is 1. The summed E-state index contributed by atoms with van der Waals surface area (Å²) in [5, 5.41) is 12.2. The van der Waals surface area contributed by atoms with Crippen LogP contribution in [0.4, 0.5) is 5.69 Å². The Hall–Kier alpha value is -3.18. The molecule has 11 nitrogen and oxygen atoms in total. The van der Waals surface area contributed by atoms with E-state index in [1.807, 2.05) is 0 Å². The number of carboxylic acid groups (broad SMARTS) is 1. The van der Waals surface area contributed by atoms with Gasteiger partial charge in [0, 0.05) is 13.7 Å². The summed E-state index contributed by atoms with van der Waals surface area (Å²) in [6, 6.07) is 5.51. The highest BCUT2D eigenvalue weighted by molar-refractivity contribution is 6.04. The van der Waals surface area contributed by atoms with Gasteiger partial charge in [0.05, 0.1) is 30.7 Å². The molecule has 1 saturated carbocycles. The van der Waals surface area contributed by atoms with Crippen molar-refractivity contribution in [2.75, 3.05) is 45.0 Å². The highest BCUT2D eigenvalue weighted by Crippen LogP contribution is 2.41. The first kappa shape index (κ1) is 30.4. The van der Waals surface area contributed by atoms with Crippen LogP contribution >= 0.6 is 0 Å². The number of nitrogens with zero attached hydrogens (tertiary/aromatic N) is 1. The molecule has 3 unspecified atom stereocenters. The van der Waals surface area contributed by atoms with Gasteiger partial charge in [0.2, 0.25) is 5.91 Å². The average Bonchev–Trinajstić information content (AvgIpc) is 3.25. The number of hydrogen-bond acceptors (Lipinski definition) is 8. The van der Waals surface area contributed by atoms with Gasteiger partial charge in [0.1, 0.15) is 30.5 Å². The number of amides is 2. The molecule has 2 amide bonds. The molecule has 2 N–H and O–H groups in total. The quantitative estimate of drug-likeness (QED) is 0.298. The second-order valence-electron chi connectivity index (χ2n) is 10.9. The lowest BCUT2D eigenvalue weighted by Crippen LogP contribution is -2.53. The van der Waals surface area contributed by atoms with Crippen LogP contribution in [0.2, 0.25) is 0 Å². The van der Waals surface area contributed by atoms with Gasteiger partial charge >= 0.3 is 11.9 Å². The van der Waals surface area contributed by atoms with Gasteiger partial charge in [0.15, 0.2) is 0 Å². The summed E-state index contributed by atoms with van der Waals surface area (Å²) in [5.41, 5.74) is -0.398. The lowest BCUT2D eigenvalue weighted by Gasteiger charge is -2.29. The van der Waals surface area contributed by atoms with E-state index in [4.69, 9.17) is 18.9 Å². The van der Waals surface area contributed by atoms with Crippen molar-refractivity contribution >= 4 is 29.4 Å². The minimum Gasteiger partial charge on any atom is -0.489 e. The highest BCUT2D eigenvalue weighted by atomic mass is 16.6. The molecular formula is C28H40N2O9. The third kappa shape index (κ3) is 8.40. The number of fused-ring (bicyclic) bond motifs is 1. The van der Waals surface area contributed by atoms with Crippen molar-refractivity contribution in [3.63, 3.8) is 0 Å². The largest absolute Gasteiger partial charge is 0.489 e. The van der Waals surface area contributed by atoms with E-state index in [1.165, 1.54) is 0 Å². The maximum Gasteiger partial charge on any atom is 0.323 e. The van der Waals surface area contributed by atoms with E-state index in [-0.39, 0.29) is 12.5 Å². The molecule has 0 radical (unpaired) electrons. The van der Waals surface area contributed by atoms with Crippen molar-refractivity contribution in [3.05, 3.63) is 24.3 Å². The molecule has 3 rings (SSSR count). The van der Waals surface area contributed by atoms with Crippen LogP contribution < -0.4 is 15.0 Å². The summed E-state index contributed by atoms with van der Waals surface area (Å²) in [5.74, 6) is -3.75. The Labute approximate surface area is 229 Å². The van der Waals surface area contributed by atoms with E-state index in [1.54, 1.807) is 52.1 Å². The molecule has 0 spiro atoms. The summed E-state index contributed by atoms with van der Waals surface area (Å²) >= 11 is 0. The average molecular weight is 549 g/mol. The summed E-state index contributed by atoms with van der Waals surface area (Å²) in [4.78, 5) is 52.8. The zero-order valence-corrected chi connectivity index (χ0v) is 23.1. The number of anilines is 1. The molecule has 1 aliphatic heterocycles. The molecule has 0 aromatic heterocycles. The van der Waals surface area contributed by atoms with Crippen molar-refractivity contribution < 1.29 is 43.2 Å². The van der Waals surface area contributed by atoms with Crippen LogP contribution in [0.5, 0.6) is 5.75 Å². The first-order valence-corrected chi connectivity index (χ1v) is 13.4. The smallest absolute Gasteiger partial charge is 0.323 e. The first-order valence-electron chi connectivity index (χ1n) is 13.4. The molecule has 0 bridgehead atoms. The zero-order valence-electron chi connectivity index (χ0n) is 23.1. The monoisotopic (exact) mass is 548 g/mol. The van der Waals surface area contributed by atoms with Crippen molar-refractivity contribution in [2.45, 2.75) is 58.1 Å². The normalized spacial score (nSPS) is 23.0. The van der Waals surface area contributed by atoms with Gasteiger partial charge in [-0.3, -0.25) is 24.1 Å². The maximum atomic E-state index is 13.5. The number of nitrogens with one attached hydrogen (secondary N) is 1. The number of esters is 1. The Kier molecular flexibility index (Phi) is 10.7. The van der Waals surface area contributed by atoms with Gasteiger partial charge in [-0.1, -0.05) is 12.1 Å². The van der Waals surface area contributed by atoms with Crippen LogP contribution in [-0.4, -0.2) is 80.6 Å². The maximum absolute atomic E-state index is 13.5. The Morgan fingerprint density at radius 3 is 2.56 bits per heavy atom. The van der Waals surface area contributed by atoms with Crippen LogP contribution in [0, 0.1) is 17.8 Å². The zero-order chi connectivity index (χ0) is 28.6. The second kappa shape index (κ2) is 13.7. The van der Waals surface area contributed by atoms with Gasteiger partial charge in [-0.05, 0) is 64.5 Å². The van der Waals surface area contributed by atoms with Crippen LogP contribution in [0.25, 0.3) is 0 Å². The van der Waals surface area contributed by atoms with Crippen molar-refractivity contribution in [3.8, 4) is 5.75 Å². The van der Waals surface area contributed by atoms with Gasteiger partial charge in [-0.15, -0.1) is 0 Å². The Morgan fingerprint density at radius 2 is 1.87 bits per heavy atom. The number of carbonyl (C=O) groups is 4. The topological polar surface area (TPSA) is 141 Å². The molecule has 216 valence electrons. The van der Waals surface area contributed by atoms with E-state index in [9.17, 15) is 24.3 Å². The number of ether oxygens (including phenoxy) is 4. The Balaban J connectivity index is 1.73. The van der Waals surface area contributed by atoms with Crippen molar-refractivity contribution in [1.29, 1.82) is 0 Å². The minimum atomic E-state index is -1.19. The predicted octanol–water partition coefficient (Wildman–Crippen LogP) is 2.41. The molecule has 39 heavy (non-hydrogen) atoms. The number of hydrogen-bond donors (Lipinski definition) is 2. The standard InChI is InChI=1S/C28H40N2O9/c1-28(2,3)39-27(35)24-18(8-7-13-37-15-14-36-4)11-12-19(24)25(33)29-20-17-38-22-10-6-5-9-21(22)30(26(20)34)16-23(31)32/h5-6,9-10,18-20,24H,7-8,11-17H2,1-4H3,(H,29,33)(H,31,32)/t18?,19?,20-,24?/m0/s1. The van der Waals surface area contributed by atoms with E-state index in [0.29, 0.717) is 50.5 Å². The van der Waals surface area contributed by atoms with Crippen molar-refractivity contribution in [2.24, 2.45) is 17.8 Å². The van der Waals surface area contributed by atoms with Crippen molar-refractivity contribution in [1.82, 2.24) is 5.32 Å². The van der Waals surface area contributed by atoms with Gasteiger partial charge in [0.25, 0.3) is 5.91 Å². The molecule has 1 fully saturated rings. The number of carboxylic acids is 1. The fourth-order valence-electron chi connectivity index (χ4n) is 5.15. The Morgan fingerprint density at radius 1 is 1.13 bits per heavy atom. The van der Waals surface area contributed by atoms with Gasteiger partial charge in [-0.2, -0.15) is 0 Å². The van der Waals surface area contributed by atoms with Gasteiger partial charge in [-0.25, -0.2) is 0 Å². The molecule has 0 saturated heterocycles. The second-order valence-corrected chi connectivity index (χ2v) is 10.9. The lowest BCUT2D eigenvalue weighted by atomic mass is 9.86. The molecule has 4 atom stereocenters. The van der Waals surface area contributed by atoms with E-state index >= 15 is 0 Å². The van der Waals surface area contributed by atoms with E-state index in [0.717, 1.165) is 11.3 Å². The summed E-state index contributed by atoms with van der Waals surface area (Å²) in [6.45, 7) is 6.11. The van der Waals surface area contributed by atoms with Crippen LogP contribution in [0.15, 0.2) is 24.3 Å². The number of para-hydroxylation sites is 2. The number of rotatable bonds is 12. The van der Waals surface area contributed by atoms with Crippen LogP contribution in [0.3, 0.4) is 0 Å². The van der Waals surface area contributed by atoms with Gasteiger partial charge < -0.3 is 29.4 Å².